The largest absolute Gasteiger partial charge is 0.356 e. The van der Waals surface area contributed by atoms with Crippen molar-refractivity contribution in [1.29, 1.82) is 0 Å². The molecule has 4 radical (unpaired) electrons. The summed E-state index contributed by atoms with van der Waals surface area (Å²) in [6.45, 7) is 5.07. The van der Waals surface area contributed by atoms with Gasteiger partial charge in [0, 0.05) is 18.8 Å². The highest BCUT2D eigenvalue weighted by Gasteiger charge is 2.23. The second-order valence-corrected chi connectivity index (χ2v) is 6.97. The van der Waals surface area contributed by atoms with E-state index in [-0.39, 0.29) is 17.7 Å². The molecule has 0 aliphatic carbocycles. The number of nitrogens with zero attached hydrogens (tertiary/aromatic N) is 4. The molecule has 140 valence electrons. The Labute approximate surface area is 165 Å². The maximum atomic E-state index is 14.9. The summed E-state index contributed by atoms with van der Waals surface area (Å²) in [4.78, 5) is 8.45. The van der Waals surface area contributed by atoms with Gasteiger partial charge in [-0.05, 0) is 43.5 Å². The molecule has 0 saturated carbocycles. The zero-order valence-corrected chi connectivity index (χ0v) is 16.2. The van der Waals surface area contributed by atoms with Gasteiger partial charge >= 0.3 is 0 Å². The molecule has 2 aromatic heterocycles. The first-order chi connectivity index (χ1) is 13.1. The van der Waals surface area contributed by atoms with E-state index in [0.717, 1.165) is 0 Å². The van der Waals surface area contributed by atoms with Crippen LogP contribution in [0.3, 0.4) is 0 Å². The molecule has 0 unspecified atom stereocenters. The molecule has 9 heteroatoms. The van der Waals surface area contributed by atoms with Crippen LogP contribution >= 0.6 is 0 Å². The van der Waals surface area contributed by atoms with Crippen molar-refractivity contribution in [3.05, 3.63) is 41.2 Å². The van der Waals surface area contributed by atoms with Crippen molar-refractivity contribution in [1.82, 2.24) is 14.6 Å². The van der Waals surface area contributed by atoms with Crippen molar-refractivity contribution in [3.8, 4) is 11.1 Å². The zero-order chi connectivity index (χ0) is 20.6. The van der Waals surface area contributed by atoms with Gasteiger partial charge < -0.3 is 5.32 Å². The van der Waals surface area contributed by atoms with E-state index >= 15 is 0 Å². The Balaban J connectivity index is 2.31. The van der Waals surface area contributed by atoms with Gasteiger partial charge in [-0.3, -0.25) is 4.99 Å². The number of aromatic nitrogens is 3. The Morgan fingerprint density at radius 1 is 1.29 bits per heavy atom. The maximum Gasteiger partial charge on any atom is 0.241 e. The van der Waals surface area contributed by atoms with E-state index in [1.807, 2.05) is 0 Å². The van der Waals surface area contributed by atoms with Crippen molar-refractivity contribution in [2.24, 2.45) is 4.99 Å². The van der Waals surface area contributed by atoms with Gasteiger partial charge in [-0.1, -0.05) is 12.1 Å². The summed E-state index contributed by atoms with van der Waals surface area (Å²) in [5, 5.41) is 6.00. The highest BCUT2D eigenvalue weighted by atomic mass is 19.1. The minimum atomic E-state index is -1.07. The first-order valence-electron chi connectivity index (χ1n) is 8.77. The standard InChI is InChI=1S/C19H19B2F2N5/c1-5-25-16-10(2)6-11(7-12(16)22)15-13(23)9-28-17(15)14(8-19(3,20)21)26-18(24-4)27-28/h5-7,9H,8H2,1-4H3,(H,24,27). The smallest absolute Gasteiger partial charge is 0.241 e. The Hall–Kier alpha value is -2.70. The lowest BCUT2D eigenvalue weighted by atomic mass is 9.54. The first kappa shape index (κ1) is 20.0. The monoisotopic (exact) mass is 377 g/mol. The number of fused-ring (bicyclic) bond motifs is 1. The first-order valence-corrected chi connectivity index (χ1v) is 8.77. The van der Waals surface area contributed by atoms with E-state index < -0.39 is 16.8 Å². The van der Waals surface area contributed by atoms with Crippen LogP contribution in [0.25, 0.3) is 16.6 Å². The predicted molar refractivity (Wildman–Crippen MR) is 110 cm³/mol. The van der Waals surface area contributed by atoms with E-state index in [1.54, 1.807) is 33.9 Å². The summed E-state index contributed by atoms with van der Waals surface area (Å²) in [7, 11) is 13.6. The molecular formula is C19H19B2F2N5. The summed E-state index contributed by atoms with van der Waals surface area (Å²) in [5.74, 6) is -0.794. The topological polar surface area (TPSA) is 54.6 Å². The van der Waals surface area contributed by atoms with Crippen LogP contribution in [0.4, 0.5) is 20.4 Å². The molecule has 5 nitrogen and oxygen atoms in total. The predicted octanol–water partition coefficient (Wildman–Crippen LogP) is 3.76. The Morgan fingerprint density at radius 3 is 2.57 bits per heavy atom. The zero-order valence-electron chi connectivity index (χ0n) is 16.2. The normalized spacial score (nSPS) is 12.2. The fourth-order valence-corrected chi connectivity index (χ4v) is 3.16. The van der Waals surface area contributed by atoms with Crippen molar-refractivity contribution in [3.63, 3.8) is 0 Å². The molecule has 0 bridgehead atoms. The van der Waals surface area contributed by atoms with E-state index in [9.17, 15) is 8.78 Å². The summed E-state index contributed by atoms with van der Waals surface area (Å²) in [6, 6.07) is 2.94. The molecule has 1 aromatic carbocycles. The molecule has 0 saturated heterocycles. The van der Waals surface area contributed by atoms with E-state index in [2.05, 4.69) is 20.4 Å². The SMILES string of the molecule is [B]C([B])(C)Cc1nc(NC)nn2cc(F)c(-c3cc(C)c(N=CC)c(F)c3)c12. The average molecular weight is 377 g/mol. The van der Waals surface area contributed by atoms with Crippen LogP contribution in [0.15, 0.2) is 23.3 Å². The van der Waals surface area contributed by atoms with Crippen molar-refractivity contribution in [2.75, 3.05) is 12.4 Å². The number of rotatable bonds is 5. The van der Waals surface area contributed by atoms with Crippen LogP contribution in [0.2, 0.25) is 5.21 Å². The van der Waals surface area contributed by atoms with E-state index in [0.29, 0.717) is 28.3 Å². The Morgan fingerprint density at radius 2 is 2.00 bits per heavy atom. The van der Waals surface area contributed by atoms with Crippen LogP contribution in [-0.4, -0.2) is 43.6 Å². The van der Waals surface area contributed by atoms with Gasteiger partial charge in [-0.2, -0.15) is 0 Å². The molecule has 2 heterocycles. The fourth-order valence-electron chi connectivity index (χ4n) is 3.16. The highest BCUT2D eigenvalue weighted by Crippen LogP contribution is 2.36. The lowest BCUT2D eigenvalue weighted by Crippen LogP contribution is -2.15. The van der Waals surface area contributed by atoms with Gasteiger partial charge in [0.15, 0.2) is 5.82 Å². The molecule has 0 spiro atoms. The lowest BCUT2D eigenvalue weighted by Gasteiger charge is -2.20. The van der Waals surface area contributed by atoms with Crippen molar-refractivity contribution < 1.29 is 8.78 Å². The number of nitrogens with one attached hydrogen (secondary N) is 1. The Bertz CT molecular complexity index is 1050. The number of aliphatic imine (C=N–C) groups is 1. The number of aryl methyl sites for hydroxylation is 1. The molecule has 3 aromatic rings. The van der Waals surface area contributed by atoms with Gasteiger partial charge in [0.2, 0.25) is 5.95 Å². The minimum absolute atomic E-state index is 0.170. The van der Waals surface area contributed by atoms with Crippen LogP contribution < -0.4 is 5.32 Å². The molecule has 3 rings (SSSR count). The molecule has 0 fully saturated rings. The summed E-state index contributed by atoms with van der Waals surface area (Å²) in [6.07, 6.45) is 2.91. The molecule has 1 N–H and O–H groups in total. The fraction of sp³-hybridized carbons (Fsp3) is 0.316. The van der Waals surface area contributed by atoms with Crippen molar-refractivity contribution in [2.45, 2.75) is 32.4 Å². The number of hydrogen-bond acceptors (Lipinski definition) is 4. The number of benzene rings is 1. The van der Waals surface area contributed by atoms with Crippen LogP contribution in [0, 0.1) is 18.6 Å². The second kappa shape index (κ2) is 7.37. The third-order valence-electron chi connectivity index (χ3n) is 4.23. The number of anilines is 1. The van der Waals surface area contributed by atoms with Gasteiger partial charge in [0.25, 0.3) is 0 Å². The average Bonchev–Trinajstić information content (AvgIpc) is 2.92. The van der Waals surface area contributed by atoms with Gasteiger partial charge in [0.1, 0.15) is 11.5 Å². The summed E-state index contributed by atoms with van der Waals surface area (Å²) >= 11 is 0. The third kappa shape index (κ3) is 3.79. The van der Waals surface area contributed by atoms with Gasteiger partial charge in [-0.25, -0.2) is 18.3 Å². The van der Waals surface area contributed by atoms with Crippen LogP contribution in [0.1, 0.15) is 25.1 Å². The molecule has 0 aliphatic heterocycles. The van der Waals surface area contributed by atoms with Gasteiger partial charge in [-0.15, -0.1) is 5.10 Å². The molecule has 28 heavy (non-hydrogen) atoms. The number of halogens is 2. The Kier molecular flexibility index (Phi) is 5.28. The van der Waals surface area contributed by atoms with E-state index in [1.165, 1.54) is 23.0 Å². The third-order valence-corrected chi connectivity index (χ3v) is 4.23. The minimum Gasteiger partial charge on any atom is -0.356 e. The molecule has 0 atom stereocenters. The summed E-state index contributed by atoms with van der Waals surface area (Å²) < 4.78 is 30.9. The van der Waals surface area contributed by atoms with Crippen LogP contribution in [0.5, 0.6) is 0 Å². The molecule has 0 amide bonds. The molecule has 0 aliphatic rings. The van der Waals surface area contributed by atoms with E-state index in [4.69, 9.17) is 15.7 Å². The van der Waals surface area contributed by atoms with Gasteiger partial charge in [0.05, 0.1) is 33.1 Å². The quantitative estimate of drug-likeness (QED) is 0.544. The second-order valence-electron chi connectivity index (χ2n) is 6.97. The lowest BCUT2D eigenvalue weighted by molar-refractivity contribution is 0.624. The highest BCUT2D eigenvalue weighted by molar-refractivity contribution is 6.39. The van der Waals surface area contributed by atoms with Crippen LogP contribution in [-0.2, 0) is 6.42 Å². The maximum absolute atomic E-state index is 14.9. The molecular weight excluding hydrogens is 358 g/mol. The van der Waals surface area contributed by atoms with Crippen molar-refractivity contribution >= 4 is 39.1 Å². The summed E-state index contributed by atoms with van der Waals surface area (Å²) in [5.41, 5.74) is 2.21. The number of hydrogen-bond donors (Lipinski definition) is 1.